The lowest BCUT2D eigenvalue weighted by Gasteiger charge is -2.04. The molecule has 0 saturated carbocycles. The quantitative estimate of drug-likeness (QED) is 0.312. The number of thioether (sulfide) groups is 1. The second-order valence-corrected chi connectivity index (χ2v) is 9.10. The van der Waals surface area contributed by atoms with Gasteiger partial charge in [-0.15, -0.1) is 21.5 Å². The number of amides is 1. The van der Waals surface area contributed by atoms with E-state index in [0.29, 0.717) is 11.1 Å². The van der Waals surface area contributed by atoms with Gasteiger partial charge in [-0.3, -0.25) is 4.79 Å². The molecule has 5 rings (SSSR count). The molecule has 0 aliphatic carbocycles. The Morgan fingerprint density at radius 1 is 1.00 bits per heavy atom. The Morgan fingerprint density at radius 3 is 2.62 bits per heavy atom. The molecule has 5 aromatic rings. The van der Waals surface area contributed by atoms with Crippen LogP contribution in [-0.4, -0.2) is 26.8 Å². The summed E-state index contributed by atoms with van der Waals surface area (Å²) in [4.78, 5) is 17.0. The number of aryl methyl sites for hydroxylation is 1. The summed E-state index contributed by atoms with van der Waals surface area (Å²) in [5.41, 5.74) is 4.82. The molecule has 0 spiro atoms. The van der Waals surface area contributed by atoms with Gasteiger partial charge in [-0.2, -0.15) is 0 Å². The number of thiazole rings is 1. The van der Waals surface area contributed by atoms with Crippen LogP contribution in [-0.2, 0) is 4.79 Å². The molecule has 0 aliphatic rings. The lowest BCUT2D eigenvalue weighted by atomic mass is 10.2. The summed E-state index contributed by atoms with van der Waals surface area (Å²) >= 11 is 2.87. The molecular formula is C24H18N4O2S2. The molecule has 0 fully saturated rings. The summed E-state index contributed by atoms with van der Waals surface area (Å²) in [7, 11) is 0. The van der Waals surface area contributed by atoms with Gasteiger partial charge in [0.1, 0.15) is 5.01 Å². The Morgan fingerprint density at radius 2 is 1.81 bits per heavy atom. The largest absolute Gasteiger partial charge is 0.411 e. The Labute approximate surface area is 192 Å². The summed E-state index contributed by atoms with van der Waals surface area (Å²) in [6.45, 7) is 2.08. The standard InChI is InChI=1S/C24H18N4O2S2/c1-15-7-12-19-20(13-15)32-23(26-19)17-8-10-18(11-9-17)25-21(29)14-31-24-28-27-22(30-24)16-5-3-2-4-6-16/h2-13H,14H2,1H3,(H,25,29). The molecule has 1 amide bonds. The molecule has 2 aromatic heterocycles. The summed E-state index contributed by atoms with van der Waals surface area (Å²) in [6, 6.07) is 23.5. The number of aromatic nitrogens is 3. The number of benzene rings is 3. The molecule has 3 aromatic carbocycles. The minimum atomic E-state index is -0.141. The molecule has 0 radical (unpaired) electrons. The van der Waals surface area contributed by atoms with E-state index < -0.39 is 0 Å². The number of nitrogens with one attached hydrogen (secondary N) is 1. The van der Waals surface area contributed by atoms with E-state index >= 15 is 0 Å². The zero-order valence-corrected chi connectivity index (χ0v) is 18.7. The van der Waals surface area contributed by atoms with Crippen molar-refractivity contribution in [3.8, 4) is 22.0 Å². The van der Waals surface area contributed by atoms with E-state index in [9.17, 15) is 4.79 Å². The second kappa shape index (κ2) is 8.94. The number of anilines is 1. The molecule has 0 unspecified atom stereocenters. The average molecular weight is 459 g/mol. The highest BCUT2D eigenvalue weighted by Gasteiger charge is 2.12. The lowest BCUT2D eigenvalue weighted by Crippen LogP contribution is -2.13. The molecule has 0 atom stereocenters. The lowest BCUT2D eigenvalue weighted by molar-refractivity contribution is -0.113. The molecule has 1 N–H and O–H groups in total. The smallest absolute Gasteiger partial charge is 0.277 e. The Hall–Kier alpha value is -3.49. The summed E-state index contributed by atoms with van der Waals surface area (Å²) < 4.78 is 6.79. The number of rotatable bonds is 6. The van der Waals surface area contributed by atoms with Gasteiger partial charge in [-0.25, -0.2) is 4.98 Å². The van der Waals surface area contributed by atoms with E-state index in [1.807, 2.05) is 60.7 Å². The van der Waals surface area contributed by atoms with Crippen LogP contribution in [0.3, 0.4) is 0 Å². The molecule has 0 saturated heterocycles. The normalized spacial score (nSPS) is 11.0. The van der Waals surface area contributed by atoms with Crippen molar-refractivity contribution in [1.82, 2.24) is 15.2 Å². The molecule has 158 valence electrons. The molecular weight excluding hydrogens is 440 g/mol. The van der Waals surface area contributed by atoms with Crippen molar-refractivity contribution < 1.29 is 9.21 Å². The maximum atomic E-state index is 12.3. The van der Waals surface area contributed by atoms with Gasteiger partial charge in [0.05, 0.1) is 16.0 Å². The monoisotopic (exact) mass is 458 g/mol. The predicted octanol–water partition coefficient (Wildman–Crippen LogP) is 6.05. The van der Waals surface area contributed by atoms with Gasteiger partial charge in [-0.05, 0) is 61.0 Å². The van der Waals surface area contributed by atoms with Crippen LogP contribution in [0.25, 0.3) is 32.2 Å². The molecule has 8 heteroatoms. The van der Waals surface area contributed by atoms with Gasteiger partial charge in [0, 0.05) is 16.8 Å². The number of fused-ring (bicyclic) bond motifs is 1. The van der Waals surface area contributed by atoms with Crippen LogP contribution in [0.1, 0.15) is 5.56 Å². The van der Waals surface area contributed by atoms with E-state index in [4.69, 9.17) is 9.40 Å². The minimum Gasteiger partial charge on any atom is -0.411 e. The van der Waals surface area contributed by atoms with Crippen molar-refractivity contribution in [3.63, 3.8) is 0 Å². The van der Waals surface area contributed by atoms with Gasteiger partial charge in [-0.1, -0.05) is 36.0 Å². The zero-order valence-electron chi connectivity index (χ0n) is 17.1. The first-order valence-electron chi connectivity index (χ1n) is 9.93. The summed E-state index contributed by atoms with van der Waals surface area (Å²) in [5, 5.41) is 12.3. The van der Waals surface area contributed by atoms with Gasteiger partial charge in [0.2, 0.25) is 11.8 Å². The Bertz CT molecular complexity index is 1380. The van der Waals surface area contributed by atoms with Gasteiger partial charge in [0.25, 0.3) is 5.22 Å². The highest BCUT2D eigenvalue weighted by molar-refractivity contribution is 7.99. The first kappa shape index (κ1) is 20.4. The first-order chi connectivity index (χ1) is 15.6. The van der Waals surface area contributed by atoms with Crippen LogP contribution in [0.5, 0.6) is 0 Å². The average Bonchev–Trinajstić information content (AvgIpc) is 3.46. The molecule has 2 heterocycles. The number of carbonyl (C=O) groups excluding carboxylic acids is 1. The maximum Gasteiger partial charge on any atom is 0.277 e. The van der Waals surface area contributed by atoms with Crippen molar-refractivity contribution in [3.05, 3.63) is 78.4 Å². The van der Waals surface area contributed by atoms with Crippen LogP contribution < -0.4 is 5.32 Å². The van der Waals surface area contributed by atoms with E-state index in [0.717, 1.165) is 27.3 Å². The number of hydrogen-bond donors (Lipinski definition) is 1. The topological polar surface area (TPSA) is 80.9 Å². The Balaban J connectivity index is 1.19. The van der Waals surface area contributed by atoms with Crippen LogP contribution in [0.15, 0.2) is 82.4 Å². The zero-order chi connectivity index (χ0) is 21.9. The highest BCUT2D eigenvalue weighted by Crippen LogP contribution is 2.31. The van der Waals surface area contributed by atoms with Gasteiger partial charge < -0.3 is 9.73 Å². The SMILES string of the molecule is Cc1ccc2nc(-c3ccc(NC(=O)CSc4nnc(-c5ccccc5)o4)cc3)sc2c1. The van der Waals surface area contributed by atoms with Gasteiger partial charge >= 0.3 is 0 Å². The fourth-order valence-corrected chi connectivity index (χ4v) is 4.77. The first-order valence-corrected chi connectivity index (χ1v) is 11.7. The Kier molecular flexibility index (Phi) is 5.70. The number of hydrogen-bond acceptors (Lipinski definition) is 7. The predicted molar refractivity (Wildman–Crippen MR) is 129 cm³/mol. The van der Waals surface area contributed by atoms with Crippen molar-refractivity contribution in [2.45, 2.75) is 12.1 Å². The minimum absolute atomic E-state index is 0.141. The highest BCUT2D eigenvalue weighted by atomic mass is 32.2. The molecule has 0 bridgehead atoms. The van der Waals surface area contributed by atoms with E-state index in [1.165, 1.54) is 22.0 Å². The fraction of sp³-hybridized carbons (Fsp3) is 0.0833. The van der Waals surface area contributed by atoms with Crippen molar-refractivity contribution in [1.29, 1.82) is 0 Å². The fourth-order valence-electron chi connectivity index (χ4n) is 3.14. The van der Waals surface area contributed by atoms with E-state index in [-0.39, 0.29) is 11.7 Å². The molecule has 32 heavy (non-hydrogen) atoms. The third kappa shape index (κ3) is 4.56. The number of nitrogens with zero attached hydrogens (tertiary/aromatic N) is 3. The van der Waals surface area contributed by atoms with Crippen molar-refractivity contribution >= 4 is 44.9 Å². The third-order valence-corrected chi connectivity index (χ3v) is 6.60. The third-order valence-electron chi connectivity index (χ3n) is 4.71. The van der Waals surface area contributed by atoms with Crippen LogP contribution in [0.2, 0.25) is 0 Å². The van der Waals surface area contributed by atoms with Crippen LogP contribution in [0.4, 0.5) is 5.69 Å². The second-order valence-electron chi connectivity index (χ2n) is 7.14. The van der Waals surface area contributed by atoms with Crippen molar-refractivity contribution in [2.24, 2.45) is 0 Å². The molecule has 6 nitrogen and oxygen atoms in total. The van der Waals surface area contributed by atoms with Crippen molar-refractivity contribution in [2.75, 3.05) is 11.1 Å². The summed E-state index contributed by atoms with van der Waals surface area (Å²) in [6.07, 6.45) is 0. The number of carbonyl (C=O) groups is 1. The summed E-state index contributed by atoms with van der Waals surface area (Å²) in [5.74, 6) is 0.474. The maximum absolute atomic E-state index is 12.3. The van der Waals surface area contributed by atoms with Crippen LogP contribution >= 0.6 is 23.1 Å². The van der Waals surface area contributed by atoms with E-state index in [2.05, 4.69) is 34.6 Å². The molecule has 0 aliphatic heterocycles. The van der Waals surface area contributed by atoms with Gasteiger partial charge in [0.15, 0.2) is 0 Å². The van der Waals surface area contributed by atoms with Crippen LogP contribution in [0, 0.1) is 6.92 Å². The van der Waals surface area contributed by atoms with E-state index in [1.54, 1.807) is 11.3 Å².